The lowest BCUT2D eigenvalue weighted by Crippen LogP contribution is -2.19. The molecule has 0 aromatic heterocycles. The first-order chi connectivity index (χ1) is 14.2. The lowest BCUT2D eigenvalue weighted by atomic mass is 10.0. The Morgan fingerprint density at radius 1 is 0.690 bits per heavy atom. The van der Waals surface area contributed by atoms with Gasteiger partial charge in [-0.3, -0.25) is 0 Å². The Balaban J connectivity index is 1.76. The number of hydrogen-bond acceptors (Lipinski definition) is 2. The highest BCUT2D eigenvalue weighted by atomic mass is 19.1. The average molecular weight is 407 g/mol. The first-order valence-corrected chi connectivity index (χ1v) is 12.5. The van der Waals surface area contributed by atoms with Crippen molar-refractivity contribution in [3.63, 3.8) is 0 Å². The van der Waals surface area contributed by atoms with Crippen LogP contribution in [-0.2, 0) is 0 Å². The molecule has 1 rings (SSSR count). The summed E-state index contributed by atoms with van der Waals surface area (Å²) in [7, 11) is 0. The summed E-state index contributed by atoms with van der Waals surface area (Å²) in [4.78, 5) is 0. The maximum absolute atomic E-state index is 12.9. The second-order valence-electron chi connectivity index (χ2n) is 8.65. The minimum atomic E-state index is -0.198. The minimum Gasteiger partial charge on any atom is -0.324 e. The van der Waals surface area contributed by atoms with Gasteiger partial charge in [-0.25, -0.2) is 4.39 Å². The second kappa shape index (κ2) is 19.1. The number of benzene rings is 1. The van der Waals surface area contributed by atoms with Gasteiger partial charge < -0.3 is 11.1 Å². The Morgan fingerprint density at radius 2 is 1.14 bits per heavy atom. The zero-order valence-electron chi connectivity index (χ0n) is 19.1. The molecule has 1 aromatic rings. The van der Waals surface area contributed by atoms with Crippen molar-refractivity contribution in [3.05, 3.63) is 35.6 Å². The fraction of sp³-hybridized carbons (Fsp3) is 0.769. The van der Waals surface area contributed by atoms with E-state index in [0.29, 0.717) is 0 Å². The highest BCUT2D eigenvalue weighted by molar-refractivity contribution is 5.19. The van der Waals surface area contributed by atoms with E-state index in [1.54, 1.807) is 12.1 Å². The molecular weight excluding hydrogens is 359 g/mol. The van der Waals surface area contributed by atoms with Crippen LogP contribution in [0.1, 0.15) is 121 Å². The number of rotatable bonds is 20. The Bertz CT molecular complexity index is 460. The molecule has 0 saturated heterocycles. The minimum absolute atomic E-state index is 0.0125. The SMILES string of the molecule is CCCCCCCCCCCCCCCCNCCCC(N)c1ccc(F)cc1. The van der Waals surface area contributed by atoms with E-state index in [0.717, 1.165) is 31.5 Å². The van der Waals surface area contributed by atoms with Crippen LogP contribution in [0, 0.1) is 5.82 Å². The molecule has 0 aliphatic heterocycles. The van der Waals surface area contributed by atoms with Crippen molar-refractivity contribution in [2.24, 2.45) is 5.73 Å². The molecular formula is C26H47FN2. The zero-order chi connectivity index (χ0) is 21.0. The summed E-state index contributed by atoms with van der Waals surface area (Å²) < 4.78 is 12.9. The van der Waals surface area contributed by atoms with Gasteiger partial charge in [0.1, 0.15) is 5.82 Å². The van der Waals surface area contributed by atoms with E-state index in [1.807, 2.05) is 0 Å². The van der Waals surface area contributed by atoms with Crippen LogP contribution in [-0.4, -0.2) is 13.1 Å². The normalized spacial score (nSPS) is 12.4. The lowest BCUT2D eigenvalue weighted by Gasteiger charge is -2.12. The summed E-state index contributed by atoms with van der Waals surface area (Å²) in [5.41, 5.74) is 7.19. The van der Waals surface area contributed by atoms with Crippen molar-refractivity contribution >= 4 is 0 Å². The van der Waals surface area contributed by atoms with E-state index in [9.17, 15) is 4.39 Å². The summed E-state index contributed by atoms with van der Waals surface area (Å²) >= 11 is 0. The van der Waals surface area contributed by atoms with Crippen LogP contribution in [0.5, 0.6) is 0 Å². The standard InChI is InChI=1S/C26H47FN2/c1-2-3-4-5-6-7-8-9-10-11-12-13-14-15-22-29-23-16-17-26(28)24-18-20-25(27)21-19-24/h18-21,26,29H,2-17,22-23,28H2,1H3. The fourth-order valence-corrected chi connectivity index (χ4v) is 3.89. The van der Waals surface area contributed by atoms with Crippen molar-refractivity contribution in [1.29, 1.82) is 0 Å². The number of halogens is 1. The Labute approximate surface area is 180 Å². The summed E-state index contributed by atoms with van der Waals surface area (Å²) in [6, 6.07) is 6.58. The van der Waals surface area contributed by atoms with E-state index in [4.69, 9.17) is 5.73 Å². The first-order valence-electron chi connectivity index (χ1n) is 12.5. The van der Waals surface area contributed by atoms with Gasteiger partial charge >= 0.3 is 0 Å². The quantitative estimate of drug-likeness (QED) is 0.218. The Hall–Kier alpha value is -0.930. The van der Waals surface area contributed by atoms with E-state index in [2.05, 4.69) is 12.2 Å². The molecule has 1 unspecified atom stereocenters. The summed E-state index contributed by atoms with van der Waals surface area (Å²) in [5, 5.41) is 3.53. The van der Waals surface area contributed by atoms with Gasteiger partial charge in [-0.05, 0) is 50.0 Å². The first kappa shape index (κ1) is 26.1. The van der Waals surface area contributed by atoms with Gasteiger partial charge in [-0.2, -0.15) is 0 Å². The van der Waals surface area contributed by atoms with E-state index >= 15 is 0 Å². The van der Waals surface area contributed by atoms with Gasteiger partial charge in [0.25, 0.3) is 0 Å². The van der Waals surface area contributed by atoms with Crippen LogP contribution in [0.2, 0.25) is 0 Å². The highest BCUT2D eigenvalue weighted by Crippen LogP contribution is 2.16. The summed E-state index contributed by atoms with van der Waals surface area (Å²) in [6.07, 6.45) is 21.7. The van der Waals surface area contributed by atoms with Crippen molar-refractivity contribution in [2.75, 3.05) is 13.1 Å². The molecule has 0 aliphatic rings. The zero-order valence-corrected chi connectivity index (χ0v) is 19.1. The molecule has 0 spiro atoms. The van der Waals surface area contributed by atoms with Crippen molar-refractivity contribution in [2.45, 2.75) is 116 Å². The van der Waals surface area contributed by atoms with Crippen molar-refractivity contribution in [1.82, 2.24) is 5.32 Å². The smallest absolute Gasteiger partial charge is 0.123 e. The molecule has 3 heteroatoms. The predicted molar refractivity (Wildman–Crippen MR) is 126 cm³/mol. The van der Waals surface area contributed by atoms with E-state index in [1.165, 1.54) is 102 Å². The molecule has 2 nitrogen and oxygen atoms in total. The molecule has 1 aromatic carbocycles. The van der Waals surface area contributed by atoms with Gasteiger partial charge in [0.05, 0.1) is 0 Å². The molecule has 0 radical (unpaired) electrons. The molecule has 0 bridgehead atoms. The number of hydrogen-bond donors (Lipinski definition) is 2. The van der Waals surface area contributed by atoms with E-state index in [-0.39, 0.29) is 11.9 Å². The van der Waals surface area contributed by atoms with Gasteiger partial charge in [0, 0.05) is 6.04 Å². The fourth-order valence-electron chi connectivity index (χ4n) is 3.89. The van der Waals surface area contributed by atoms with Crippen LogP contribution in [0.3, 0.4) is 0 Å². The van der Waals surface area contributed by atoms with Crippen molar-refractivity contribution < 1.29 is 4.39 Å². The highest BCUT2D eigenvalue weighted by Gasteiger charge is 2.05. The Kier molecular flexibility index (Phi) is 17.2. The molecule has 3 N–H and O–H groups in total. The molecule has 0 heterocycles. The topological polar surface area (TPSA) is 38.0 Å². The van der Waals surface area contributed by atoms with Gasteiger partial charge in [0.2, 0.25) is 0 Å². The maximum atomic E-state index is 12.9. The monoisotopic (exact) mass is 406 g/mol. The molecule has 29 heavy (non-hydrogen) atoms. The number of nitrogens with one attached hydrogen (secondary N) is 1. The van der Waals surface area contributed by atoms with Gasteiger partial charge in [-0.1, -0.05) is 103 Å². The number of nitrogens with two attached hydrogens (primary N) is 1. The second-order valence-corrected chi connectivity index (χ2v) is 8.65. The van der Waals surface area contributed by atoms with E-state index < -0.39 is 0 Å². The third-order valence-electron chi connectivity index (χ3n) is 5.87. The molecule has 0 fully saturated rings. The molecule has 168 valence electrons. The lowest BCUT2D eigenvalue weighted by molar-refractivity contribution is 0.522. The predicted octanol–water partition coefficient (Wildman–Crippen LogP) is 7.68. The average Bonchev–Trinajstić information content (AvgIpc) is 2.73. The Morgan fingerprint density at radius 3 is 1.66 bits per heavy atom. The van der Waals surface area contributed by atoms with Gasteiger partial charge in [0.15, 0.2) is 0 Å². The molecule has 0 saturated carbocycles. The molecule has 1 atom stereocenters. The van der Waals surface area contributed by atoms with Crippen LogP contribution in [0.25, 0.3) is 0 Å². The summed E-state index contributed by atoms with van der Waals surface area (Å²) in [5.74, 6) is -0.198. The van der Waals surface area contributed by atoms with Crippen LogP contribution < -0.4 is 11.1 Å². The van der Waals surface area contributed by atoms with Crippen LogP contribution in [0.15, 0.2) is 24.3 Å². The van der Waals surface area contributed by atoms with Crippen LogP contribution >= 0.6 is 0 Å². The largest absolute Gasteiger partial charge is 0.324 e. The summed E-state index contributed by atoms with van der Waals surface area (Å²) in [6.45, 7) is 4.42. The third-order valence-corrected chi connectivity index (χ3v) is 5.87. The molecule has 0 aliphatic carbocycles. The van der Waals surface area contributed by atoms with Gasteiger partial charge in [-0.15, -0.1) is 0 Å². The van der Waals surface area contributed by atoms with Crippen LogP contribution in [0.4, 0.5) is 4.39 Å². The molecule has 0 amide bonds. The van der Waals surface area contributed by atoms with Crippen molar-refractivity contribution in [3.8, 4) is 0 Å². The number of unbranched alkanes of at least 4 members (excludes halogenated alkanes) is 13. The maximum Gasteiger partial charge on any atom is 0.123 e. The third kappa shape index (κ3) is 15.6.